The van der Waals surface area contributed by atoms with Crippen molar-refractivity contribution < 1.29 is 108 Å². The zero-order valence-electron chi connectivity index (χ0n) is 22.7. The Balaban J connectivity index is 0.00000220. The number of fused-ring (bicyclic) bond motifs is 1. The van der Waals surface area contributed by atoms with E-state index in [9.17, 15) is 39.6 Å². The second kappa shape index (κ2) is 13.7. The van der Waals surface area contributed by atoms with Gasteiger partial charge in [0.05, 0.1) is 59.3 Å². The van der Waals surface area contributed by atoms with Gasteiger partial charge in [-0.2, -0.15) is 0 Å². The summed E-state index contributed by atoms with van der Waals surface area (Å²) in [7, 11) is 0. The molecule has 2 N–H and O–H groups in total. The van der Waals surface area contributed by atoms with Crippen molar-refractivity contribution in [3.8, 4) is 0 Å². The Morgan fingerprint density at radius 2 is 1.50 bits per heavy atom. The van der Waals surface area contributed by atoms with E-state index in [1.165, 1.54) is 30.5 Å². The number of carbonyl (C=O) groups excluding carboxylic acids is 4. The molecule has 3 fully saturated rings. The summed E-state index contributed by atoms with van der Waals surface area (Å²) in [5, 5.41) is 43.1. The van der Waals surface area contributed by atoms with Crippen molar-refractivity contribution in [1.29, 1.82) is 0 Å². The van der Waals surface area contributed by atoms with Crippen molar-refractivity contribution in [2.24, 2.45) is 11.8 Å². The van der Waals surface area contributed by atoms with Crippen LogP contribution in [0.1, 0.15) is 39.5 Å². The van der Waals surface area contributed by atoms with Gasteiger partial charge >= 0.3 is 59.1 Å². The molecule has 0 bridgehead atoms. The molecule has 0 aliphatic carbocycles. The summed E-state index contributed by atoms with van der Waals surface area (Å²) >= 11 is 2.03. The van der Waals surface area contributed by atoms with E-state index in [0.29, 0.717) is 37.4 Å². The van der Waals surface area contributed by atoms with Crippen molar-refractivity contribution in [1.82, 2.24) is 9.80 Å². The molecule has 208 valence electrons. The maximum atomic E-state index is 14.3. The third-order valence-corrected chi connectivity index (χ3v) is 10.4. The van der Waals surface area contributed by atoms with Crippen LogP contribution in [0.3, 0.4) is 0 Å². The molecule has 5 aliphatic heterocycles. The number of amides is 2. The number of β-lactam (4-membered cyclic amide) rings is 1. The van der Waals surface area contributed by atoms with E-state index in [4.69, 9.17) is 9.47 Å². The quantitative estimate of drug-likeness (QED) is 0.195. The molecule has 0 aromatic rings. The van der Waals surface area contributed by atoms with Gasteiger partial charge in [-0.05, 0) is 39.5 Å². The summed E-state index contributed by atoms with van der Waals surface area (Å²) in [6, 6.07) is 0. The van der Waals surface area contributed by atoms with E-state index in [0.717, 1.165) is 23.1 Å². The van der Waals surface area contributed by atoms with Crippen molar-refractivity contribution >= 4 is 47.3 Å². The van der Waals surface area contributed by atoms with Crippen molar-refractivity contribution in [3.63, 3.8) is 0 Å². The number of nitrogens with zero attached hydrogens (tertiary/aromatic N) is 2. The van der Waals surface area contributed by atoms with E-state index in [1.54, 1.807) is 0 Å². The first kappa shape index (κ1) is 34.4. The Morgan fingerprint density at radius 3 is 1.93 bits per heavy atom. The van der Waals surface area contributed by atoms with E-state index < -0.39 is 76.4 Å². The Bertz CT molecular complexity index is 1120. The number of hydrogen-bond acceptors (Lipinski definition) is 12. The second-order valence-corrected chi connectivity index (χ2v) is 12.3. The van der Waals surface area contributed by atoms with Crippen molar-refractivity contribution in [2.75, 3.05) is 13.2 Å². The summed E-state index contributed by atoms with van der Waals surface area (Å²) in [5.74, 6) is -7.21. The van der Waals surface area contributed by atoms with Gasteiger partial charge in [0.2, 0.25) is 5.91 Å². The van der Waals surface area contributed by atoms with Gasteiger partial charge < -0.3 is 39.5 Å². The topological polar surface area (TPSA) is 180 Å². The van der Waals surface area contributed by atoms with Crippen LogP contribution >= 0.6 is 23.5 Å². The smallest absolute Gasteiger partial charge is 0.550 e. The molecule has 2 amide bonds. The number of aliphatic hydroxyl groups excluding tert-OH is 2. The SMILES string of the molecule is C[C@@H](O)[C@@H](C(=O)[O-])[C@H]1SC(C2CCCO2)=C(C(=O)[O-])N1C(=O)C1=C(C2CCCO2)S[C@@H]2[C@@H]([C@@H](C)O)C(=O)N12.[Na+].[Na+]. The zero-order valence-corrected chi connectivity index (χ0v) is 28.4. The largest absolute Gasteiger partial charge is 1.00 e. The molecule has 0 saturated carbocycles. The number of carboxylic acid groups (broad SMARTS) is 2. The first-order valence-electron chi connectivity index (χ1n) is 12.5. The van der Waals surface area contributed by atoms with Crippen LogP contribution in [0.4, 0.5) is 0 Å². The van der Waals surface area contributed by atoms with Crippen molar-refractivity contribution in [3.05, 3.63) is 21.2 Å². The molecule has 0 radical (unpaired) electrons. The van der Waals surface area contributed by atoms with Gasteiger partial charge in [0.1, 0.15) is 11.1 Å². The first-order chi connectivity index (χ1) is 18.0. The molecule has 8 atom stereocenters. The predicted octanol–water partition coefficient (Wildman–Crippen LogP) is -7.91. The minimum atomic E-state index is -1.71. The average molecular weight is 615 g/mol. The molecular weight excluding hydrogens is 586 g/mol. The minimum Gasteiger partial charge on any atom is -0.550 e. The normalized spacial score (nSPS) is 31.8. The first-order valence-corrected chi connectivity index (χ1v) is 14.3. The van der Waals surface area contributed by atoms with Crippen LogP contribution in [-0.4, -0.2) is 92.1 Å². The Kier molecular flexibility index (Phi) is 11.8. The third kappa shape index (κ3) is 5.85. The monoisotopic (exact) mass is 614 g/mol. The van der Waals surface area contributed by atoms with Gasteiger partial charge in [0, 0.05) is 23.0 Å². The zero-order chi connectivity index (χ0) is 27.5. The fourth-order valence-corrected chi connectivity index (χ4v) is 9.02. The van der Waals surface area contributed by atoms with Crippen LogP contribution in [0.5, 0.6) is 0 Å². The number of carboxylic acids is 2. The van der Waals surface area contributed by atoms with E-state index in [2.05, 4.69) is 0 Å². The molecule has 0 aromatic carbocycles. The summed E-state index contributed by atoms with van der Waals surface area (Å²) in [6.07, 6.45) is -1.28. The predicted molar refractivity (Wildman–Crippen MR) is 129 cm³/mol. The number of aliphatic hydroxyl groups is 2. The Labute approximate surface area is 283 Å². The molecule has 3 saturated heterocycles. The summed E-state index contributed by atoms with van der Waals surface area (Å²) in [4.78, 5) is 54.6. The summed E-state index contributed by atoms with van der Waals surface area (Å²) in [5.41, 5.74) is -0.647. The van der Waals surface area contributed by atoms with Crippen LogP contribution in [-0.2, 0) is 28.7 Å². The van der Waals surface area contributed by atoms with Gasteiger partial charge in [0.25, 0.3) is 5.91 Å². The van der Waals surface area contributed by atoms with Gasteiger partial charge in [-0.25, -0.2) is 0 Å². The molecule has 40 heavy (non-hydrogen) atoms. The molecule has 0 spiro atoms. The second-order valence-electron chi connectivity index (χ2n) is 9.97. The number of thioether (sulfide) groups is 2. The standard InChI is InChI=1S/C24H30N2O10S2.2Na/c1-9(27)13-19(29)25-15(17(37-21(13)25)11-5-3-7-35-11)20(30)26-16(24(33)34)18(12-6-4-8-36-12)38-22(26)14(10(2)28)23(31)32;;/h9-14,21-22,27-28H,3-8H2,1-2H3,(H,31,32)(H,33,34);;/q;2*+1/p-2/t9-,10-,11?,12?,13+,14-,21-,22-;;/m1../s1. The van der Waals surface area contributed by atoms with Gasteiger partial charge in [-0.15, -0.1) is 0 Å². The molecule has 0 aromatic heterocycles. The number of aliphatic carboxylic acids is 2. The van der Waals surface area contributed by atoms with Gasteiger partial charge in [-0.3, -0.25) is 19.4 Å². The van der Waals surface area contributed by atoms with Crippen LogP contribution in [0.15, 0.2) is 21.2 Å². The summed E-state index contributed by atoms with van der Waals surface area (Å²) < 4.78 is 11.5. The van der Waals surface area contributed by atoms with E-state index in [-0.39, 0.29) is 69.7 Å². The Hall–Kier alpha value is -0.1000. The van der Waals surface area contributed by atoms with E-state index >= 15 is 0 Å². The van der Waals surface area contributed by atoms with Crippen LogP contribution < -0.4 is 69.3 Å². The van der Waals surface area contributed by atoms with Crippen LogP contribution in [0.2, 0.25) is 0 Å². The molecular formula is C24H28N2Na2O10S2. The maximum absolute atomic E-state index is 14.3. The fourth-order valence-electron chi connectivity index (χ4n) is 5.63. The molecule has 5 rings (SSSR count). The minimum absolute atomic E-state index is 0. The van der Waals surface area contributed by atoms with Crippen LogP contribution in [0, 0.1) is 11.8 Å². The van der Waals surface area contributed by atoms with Gasteiger partial charge in [0.15, 0.2) is 0 Å². The molecule has 12 nitrogen and oxygen atoms in total. The third-order valence-electron chi connectivity index (χ3n) is 7.46. The van der Waals surface area contributed by atoms with Gasteiger partial charge in [-0.1, -0.05) is 23.5 Å². The Morgan fingerprint density at radius 1 is 0.950 bits per heavy atom. The van der Waals surface area contributed by atoms with Crippen molar-refractivity contribution in [2.45, 2.75) is 74.7 Å². The fraction of sp³-hybridized carbons (Fsp3) is 0.667. The molecule has 16 heteroatoms. The number of ether oxygens (including phenoxy) is 2. The number of rotatable bonds is 8. The molecule has 2 unspecified atom stereocenters. The number of carbonyl (C=O) groups is 4. The molecule has 5 heterocycles. The van der Waals surface area contributed by atoms with Crippen LogP contribution in [0.25, 0.3) is 0 Å². The number of hydrogen-bond donors (Lipinski definition) is 2. The maximum Gasteiger partial charge on any atom is 1.00 e. The molecule has 5 aliphatic rings. The summed E-state index contributed by atoms with van der Waals surface area (Å²) in [6.45, 7) is 3.51. The average Bonchev–Trinajstić information content (AvgIpc) is 3.62. The van der Waals surface area contributed by atoms with E-state index in [1.807, 2.05) is 0 Å².